The van der Waals surface area contributed by atoms with E-state index in [0.29, 0.717) is 5.56 Å². The van der Waals surface area contributed by atoms with Gasteiger partial charge in [-0.1, -0.05) is 29.8 Å². The predicted octanol–water partition coefficient (Wildman–Crippen LogP) is 0.245. The molecule has 0 radical (unpaired) electrons. The molecule has 6 heteroatoms. The maximum atomic E-state index is 11.2. The van der Waals surface area contributed by atoms with Gasteiger partial charge in [-0.25, -0.2) is 4.79 Å². The summed E-state index contributed by atoms with van der Waals surface area (Å²) in [5, 5.41) is 0. The number of carbonyl (C=O) groups excluding carboxylic acids is 2. The second kappa shape index (κ2) is 6.85. The van der Waals surface area contributed by atoms with Gasteiger partial charge in [0.05, 0.1) is 5.56 Å². The van der Waals surface area contributed by atoms with Crippen LogP contribution in [0, 0.1) is 0 Å². The fourth-order valence-electron chi connectivity index (χ4n) is 0.794. The van der Waals surface area contributed by atoms with Crippen LogP contribution in [0.1, 0.15) is 10.4 Å². The van der Waals surface area contributed by atoms with Crippen molar-refractivity contribution >= 4 is 53.0 Å². The molecule has 0 aliphatic heterocycles. The van der Waals surface area contributed by atoms with Crippen molar-refractivity contribution in [3.63, 3.8) is 0 Å². The molecule has 0 saturated heterocycles. The average molecular weight is 238 g/mol. The summed E-state index contributed by atoms with van der Waals surface area (Å²) in [7, 11) is 0. The van der Waals surface area contributed by atoms with Gasteiger partial charge in [0.25, 0.3) is 11.5 Å². The molecule has 0 aliphatic carbocycles. The van der Waals surface area contributed by atoms with E-state index in [-0.39, 0.29) is 29.6 Å². The summed E-state index contributed by atoms with van der Waals surface area (Å²) in [5.74, 6) is -1.57. The molecule has 0 bridgehead atoms. The van der Waals surface area contributed by atoms with Crippen molar-refractivity contribution in [2.24, 2.45) is 5.73 Å². The number of alkyl halides is 1. The van der Waals surface area contributed by atoms with Crippen LogP contribution in [-0.2, 0) is 9.53 Å². The van der Waals surface area contributed by atoms with E-state index in [4.69, 9.17) is 17.3 Å². The van der Waals surface area contributed by atoms with Crippen LogP contribution in [-0.4, -0.2) is 47.0 Å². The summed E-state index contributed by atoms with van der Waals surface area (Å²) in [6, 6.07) is 8.19. The number of rotatable bonds is 3. The van der Waals surface area contributed by atoms with Crippen molar-refractivity contribution in [1.29, 1.82) is 0 Å². The number of nitrogens with two attached hydrogens (primary N) is 1. The van der Waals surface area contributed by atoms with Gasteiger partial charge in [0.15, 0.2) is 0 Å². The third-order valence-electron chi connectivity index (χ3n) is 1.44. The summed E-state index contributed by atoms with van der Waals surface area (Å²) in [5.41, 5.74) is 3.71. The van der Waals surface area contributed by atoms with Crippen LogP contribution in [0.3, 0.4) is 0 Å². The molecule has 76 valence electrons. The molecule has 1 amide bonds. The van der Waals surface area contributed by atoms with Crippen molar-refractivity contribution < 1.29 is 14.3 Å². The number of carbonyl (C=O) groups is 2. The molecule has 0 saturated carbocycles. The number of hydrogen-bond acceptors (Lipinski definition) is 3. The third-order valence-corrected chi connectivity index (χ3v) is 1.75. The van der Waals surface area contributed by atoms with Crippen molar-refractivity contribution in [3.8, 4) is 0 Å². The molecule has 4 nitrogen and oxygen atoms in total. The number of halogens is 1. The molecule has 1 aromatic rings. The van der Waals surface area contributed by atoms with Gasteiger partial charge in [0.2, 0.25) is 0 Å². The van der Waals surface area contributed by atoms with Crippen LogP contribution < -0.4 is 5.73 Å². The molecular weight excluding hydrogens is 229 g/mol. The van der Waals surface area contributed by atoms with E-state index < -0.39 is 17.4 Å². The topological polar surface area (TPSA) is 69.4 Å². The zero-order valence-electron chi connectivity index (χ0n) is 7.14. The molecular formula is C9H9ClNNaO3. The second-order valence-corrected chi connectivity index (χ2v) is 2.89. The molecule has 1 atom stereocenters. The Kier molecular flexibility index (Phi) is 6.60. The molecule has 0 aliphatic rings. The fourth-order valence-corrected chi connectivity index (χ4v) is 0.875. The molecule has 0 heterocycles. The summed E-state index contributed by atoms with van der Waals surface area (Å²) >= 11 is 5.34. The Balaban J connectivity index is 0.00000196. The first-order chi connectivity index (χ1) is 6.61. The van der Waals surface area contributed by atoms with Crippen molar-refractivity contribution in [2.75, 3.05) is 0 Å². The van der Waals surface area contributed by atoms with Gasteiger partial charge in [0.1, 0.15) is 0 Å². The monoisotopic (exact) mass is 237 g/mol. The Morgan fingerprint density at radius 3 is 2.27 bits per heavy atom. The van der Waals surface area contributed by atoms with E-state index >= 15 is 0 Å². The normalized spacial score (nSPS) is 11.0. The van der Waals surface area contributed by atoms with E-state index in [0.717, 1.165) is 0 Å². The fraction of sp³-hybridized carbons (Fsp3) is 0.111. The van der Waals surface area contributed by atoms with Crippen LogP contribution in [0.4, 0.5) is 0 Å². The van der Waals surface area contributed by atoms with Crippen molar-refractivity contribution in [1.82, 2.24) is 0 Å². The first-order valence-electron chi connectivity index (χ1n) is 3.80. The number of amides is 1. The van der Waals surface area contributed by atoms with E-state index in [9.17, 15) is 9.59 Å². The van der Waals surface area contributed by atoms with Gasteiger partial charge >= 0.3 is 35.5 Å². The Morgan fingerprint density at radius 2 is 1.80 bits per heavy atom. The van der Waals surface area contributed by atoms with Crippen molar-refractivity contribution in [3.05, 3.63) is 35.9 Å². The second-order valence-electron chi connectivity index (χ2n) is 2.49. The minimum absolute atomic E-state index is 0. The maximum absolute atomic E-state index is 11.2. The minimum atomic E-state index is -1.43. The summed E-state index contributed by atoms with van der Waals surface area (Å²) < 4.78 is 4.55. The number of primary amides is 1. The molecule has 0 fully saturated rings. The van der Waals surface area contributed by atoms with Gasteiger partial charge in [-0.3, -0.25) is 4.79 Å². The standard InChI is InChI=1S/C9H8ClNO3.Na.H/c10-7(8(11)12)14-9(13)6-4-2-1-3-5-6;;/h1-5,7H,(H2,11,12);;. The predicted molar refractivity (Wildman–Crippen MR) is 57.8 cm³/mol. The van der Waals surface area contributed by atoms with Crippen LogP contribution in [0.15, 0.2) is 30.3 Å². The molecule has 1 rings (SSSR count). The summed E-state index contributed by atoms with van der Waals surface area (Å²) in [6.45, 7) is 0. The average Bonchev–Trinajstić information content (AvgIpc) is 2.19. The Labute approximate surface area is 114 Å². The van der Waals surface area contributed by atoms with Gasteiger partial charge in [-0.05, 0) is 12.1 Å². The Morgan fingerprint density at radius 1 is 1.27 bits per heavy atom. The number of esters is 1. The first-order valence-corrected chi connectivity index (χ1v) is 4.24. The van der Waals surface area contributed by atoms with Crippen LogP contribution in [0.25, 0.3) is 0 Å². The van der Waals surface area contributed by atoms with Gasteiger partial charge in [-0.15, -0.1) is 0 Å². The Hall–Kier alpha value is -0.550. The zero-order chi connectivity index (χ0) is 10.6. The SMILES string of the molecule is NC(=O)C(Cl)OC(=O)c1ccccc1.[NaH]. The van der Waals surface area contributed by atoms with Gasteiger partial charge in [-0.2, -0.15) is 0 Å². The molecule has 2 N–H and O–H groups in total. The van der Waals surface area contributed by atoms with E-state index in [1.165, 1.54) is 0 Å². The van der Waals surface area contributed by atoms with Crippen LogP contribution >= 0.6 is 11.6 Å². The Bertz CT molecular complexity index is 344. The van der Waals surface area contributed by atoms with Gasteiger partial charge < -0.3 is 10.5 Å². The number of ether oxygens (including phenoxy) is 1. The van der Waals surface area contributed by atoms with E-state index in [1.807, 2.05) is 0 Å². The van der Waals surface area contributed by atoms with E-state index in [1.54, 1.807) is 30.3 Å². The summed E-state index contributed by atoms with van der Waals surface area (Å²) in [4.78, 5) is 21.7. The summed E-state index contributed by atoms with van der Waals surface area (Å²) in [6.07, 6.45) is 0. The van der Waals surface area contributed by atoms with E-state index in [2.05, 4.69) is 4.74 Å². The number of hydrogen-bond donors (Lipinski definition) is 1. The third kappa shape index (κ3) is 4.66. The first kappa shape index (κ1) is 14.5. The van der Waals surface area contributed by atoms with Crippen molar-refractivity contribution in [2.45, 2.75) is 5.56 Å². The molecule has 15 heavy (non-hydrogen) atoms. The molecule has 0 aromatic heterocycles. The van der Waals surface area contributed by atoms with Crippen LogP contribution in [0.5, 0.6) is 0 Å². The number of benzene rings is 1. The molecule has 0 spiro atoms. The quantitative estimate of drug-likeness (QED) is 0.465. The van der Waals surface area contributed by atoms with Gasteiger partial charge in [0, 0.05) is 0 Å². The molecule has 1 unspecified atom stereocenters. The zero-order valence-corrected chi connectivity index (χ0v) is 7.90. The van der Waals surface area contributed by atoms with Crippen LogP contribution in [0.2, 0.25) is 0 Å². The molecule has 1 aromatic carbocycles.